The van der Waals surface area contributed by atoms with Crippen LogP contribution in [0.4, 0.5) is 5.82 Å². The van der Waals surface area contributed by atoms with E-state index in [1.165, 1.54) is 11.8 Å². The van der Waals surface area contributed by atoms with Crippen molar-refractivity contribution in [1.29, 1.82) is 5.26 Å². The largest absolute Gasteiger partial charge is 0.355 e. The van der Waals surface area contributed by atoms with Crippen LogP contribution in [0.5, 0.6) is 0 Å². The molecule has 1 saturated heterocycles. The van der Waals surface area contributed by atoms with Gasteiger partial charge in [-0.05, 0) is 6.26 Å². The zero-order chi connectivity index (χ0) is 13.9. The Morgan fingerprint density at radius 1 is 1.50 bits per heavy atom. The second kappa shape index (κ2) is 5.51. The summed E-state index contributed by atoms with van der Waals surface area (Å²) in [6, 6.07) is 2.17. The minimum absolute atomic E-state index is 0.545. The van der Waals surface area contributed by atoms with Crippen LogP contribution >= 0.6 is 11.8 Å². The van der Waals surface area contributed by atoms with Crippen molar-refractivity contribution in [3.63, 3.8) is 0 Å². The van der Waals surface area contributed by atoms with E-state index < -0.39 is 0 Å². The molecular weight excluding hydrogens is 272 g/mol. The Hall–Kier alpha value is -2.07. The quantitative estimate of drug-likeness (QED) is 0.625. The van der Waals surface area contributed by atoms with Crippen LogP contribution in [0.25, 0.3) is 0 Å². The summed E-state index contributed by atoms with van der Waals surface area (Å²) >= 11 is 1.49. The molecule has 3 heterocycles. The monoisotopic (exact) mass is 286 g/mol. The highest BCUT2D eigenvalue weighted by molar-refractivity contribution is 7.98. The molecule has 0 aliphatic carbocycles. The molecule has 0 spiro atoms. The minimum atomic E-state index is 0.545. The van der Waals surface area contributed by atoms with E-state index in [9.17, 15) is 0 Å². The Morgan fingerprint density at radius 2 is 2.35 bits per heavy atom. The predicted octanol–water partition coefficient (Wildman–Crippen LogP) is 1.40. The second-order valence-corrected chi connectivity index (χ2v) is 5.51. The lowest BCUT2D eigenvalue weighted by atomic mass is 9.99. The van der Waals surface area contributed by atoms with E-state index in [2.05, 4.69) is 30.5 Å². The maximum absolute atomic E-state index is 9.15. The second-order valence-electron chi connectivity index (χ2n) is 4.74. The predicted molar refractivity (Wildman–Crippen MR) is 76.5 cm³/mol. The first-order valence-corrected chi connectivity index (χ1v) is 7.54. The van der Waals surface area contributed by atoms with E-state index in [-0.39, 0.29) is 0 Å². The number of nitriles is 1. The summed E-state index contributed by atoms with van der Waals surface area (Å²) in [6.45, 7) is 2.79. The van der Waals surface area contributed by atoms with E-state index in [4.69, 9.17) is 5.26 Å². The molecule has 0 atom stereocenters. The van der Waals surface area contributed by atoms with Crippen molar-refractivity contribution < 1.29 is 0 Å². The Kier molecular flexibility index (Phi) is 3.56. The number of aromatic nitrogens is 4. The van der Waals surface area contributed by atoms with E-state index in [0.717, 1.165) is 25.5 Å². The van der Waals surface area contributed by atoms with Gasteiger partial charge >= 0.3 is 0 Å². The van der Waals surface area contributed by atoms with Gasteiger partial charge in [-0.2, -0.15) is 5.26 Å². The number of hydrogen-bond acceptors (Lipinski definition) is 6. The molecule has 0 saturated carbocycles. The van der Waals surface area contributed by atoms with Crippen LogP contribution in [-0.4, -0.2) is 38.9 Å². The SMILES string of the molecule is CSc1ncc(C#N)c(N2CC(Cn3ccnc3)C2)n1. The Morgan fingerprint density at radius 3 is 3.00 bits per heavy atom. The molecule has 20 heavy (non-hydrogen) atoms. The molecule has 2 aromatic heterocycles. The van der Waals surface area contributed by atoms with E-state index in [1.54, 1.807) is 12.4 Å². The number of nitrogens with zero attached hydrogens (tertiary/aromatic N) is 6. The summed E-state index contributed by atoms with van der Waals surface area (Å²) in [5, 5.41) is 9.85. The number of anilines is 1. The standard InChI is InChI=1S/C13H14N6S/c1-20-13-16-5-11(4-14)12(17-13)19-7-10(8-19)6-18-3-2-15-9-18/h2-3,5,9-10H,6-8H2,1H3. The molecule has 0 bridgehead atoms. The molecule has 6 nitrogen and oxygen atoms in total. The molecule has 1 fully saturated rings. The van der Waals surface area contributed by atoms with Gasteiger partial charge in [0.1, 0.15) is 11.6 Å². The first kappa shape index (κ1) is 12.9. The van der Waals surface area contributed by atoms with Crippen molar-refractivity contribution in [3.05, 3.63) is 30.5 Å². The van der Waals surface area contributed by atoms with Gasteiger partial charge in [0.05, 0.1) is 12.5 Å². The molecule has 0 N–H and O–H groups in total. The topological polar surface area (TPSA) is 70.6 Å². The van der Waals surface area contributed by atoms with Gasteiger partial charge < -0.3 is 9.47 Å². The smallest absolute Gasteiger partial charge is 0.189 e. The molecule has 1 aliphatic heterocycles. The Bertz CT molecular complexity index is 627. The summed E-state index contributed by atoms with van der Waals surface area (Å²) in [5.41, 5.74) is 0.545. The van der Waals surface area contributed by atoms with Crippen molar-refractivity contribution in [2.45, 2.75) is 11.7 Å². The van der Waals surface area contributed by atoms with Crippen molar-refractivity contribution in [1.82, 2.24) is 19.5 Å². The van der Waals surface area contributed by atoms with E-state index in [0.29, 0.717) is 16.6 Å². The highest BCUT2D eigenvalue weighted by Crippen LogP contribution is 2.27. The van der Waals surface area contributed by atoms with Crippen molar-refractivity contribution in [3.8, 4) is 6.07 Å². The highest BCUT2D eigenvalue weighted by Gasteiger charge is 2.30. The van der Waals surface area contributed by atoms with Crippen LogP contribution < -0.4 is 4.90 Å². The molecule has 1 aliphatic rings. The van der Waals surface area contributed by atoms with E-state index in [1.807, 2.05) is 18.8 Å². The van der Waals surface area contributed by atoms with Crippen molar-refractivity contribution in [2.24, 2.45) is 5.92 Å². The molecule has 3 rings (SSSR count). The molecule has 0 aromatic carbocycles. The number of rotatable bonds is 4. The zero-order valence-electron chi connectivity index (χ0n) is 11.1. The van der Waals surface area contributed by atoms with Crippen molar-refractivity contribution >= 4 is 17.6 Å². The van der Waals surface area contributed by atoms with Gasteiger partial charge in [-0.25, -0.2) is 15.0 Å². The fourth-order valence-corrected chi connectivity index (χ4v) is 2.66. The third-order valence-electron chi connectivity index (χ3n) is 3.33. The van der Waals surface area contributed by atoms with Crippen LogP contribution in [0.1, 0.15) is 5.56 Å². The molecule has 0 unspecified atom stereocenters. The number of hydrogen-bond donors (Lipinski definition) is 0. The lowest BCUT2D eigenvalue weighted by Gasteiger charge is -2.40. The average molecular weight is 286 g/mol. The number of thioether (sulfide) groups is 1. The summed E-state index contributed by atoms with van der Waals surface area (Å²) in [7, 11) is 0. The molecular formula is C13H14N6S. The summed E-state index contributed by atoms with van der Waals surface area (Å²) in [4.78, 5) is 14.8. The Labute approximate surface area is 121 Å². The van der Waals surface area contributed by atoms with Crippen LogP contribution in [0, 0.1) is 17.2 Å². The third kappa shape index (κ3) is 2.47. The normalized spacial score (nSPS) is 14.9. The summed E-state index contributed by atoms with van der Waals surface area (Å²) in [6.07, 6.45) is 9.14. The van der Waals surface area contributed by atoms with Gasteiger partial charge in [0.15, 0.2) is 11.0 Å². The highest BCUT2D eigenvalue weighted by atomic mass is 32.2. The first-order valence-electron chi connectivity index (χ1n) is 6.32. The molecule has 7 heteroatoms. The van der Waals surface area contributed by atoms with Gasteiger partial charge in [0.2, 0.25) is 0 Å². The van der Waals surface area contributed by atoms with Crippen molar-refractivity contribution in [2.75, 3.05) is 24.2 Å². The third-order valence-corrected chi connectivity index (χ3v) is 3.90. The van der Waals surface area contributed by atoms with Gasteiger partial charge in [-0.3, -0.25) is 0 Å². The number of imidazole rings is 1. The molecule has 0 radical (unpaired) electrons. The fourth-order valence-electron chi connectivity index (χ4n) is 2.33. The fraction of sp³-hybridized carbons (Fsp3) is 0.385. The van der Waals surface area contributed by atoms with Crippen LogP contribution in [-0.2, 0) is 6.54 Å². The van der Waals surface area contributed by atoms with Crippen LogP contribution in [0.15, 0.2) is 30.1 Å². The Balaban J connectivity index is 1.68. The van der Waals surface area contributed by atoms with Gasteiger partial charge in [0, 0.05) is 37.9 Å². The molecule has 0 amide bonds. The van der Waals surface area contributed by atoms with Gasteiger partial charge in [-0.15, -0.1) is 0 Å². The minimum Gasteiger partial charge on any atom is -0.355 e. The lowest BCUT2D eigenvalue weighted by Crippen LogP contribution is -2.49. The first-order chi connectivity index (χ1) is 9.80. The molecule has 2 aromatic rings. The summed E-state index contributed by atoms with van der Waals surface area (Å²) < 4.78 is 2.08. The lowest BCUT2D eigenvalue weighted by molar-refractivity contribution is 0.354. The van der Waals surface area contributed by atoms with Crippen LogP contribution in [0.2, 0.25) is 0 Å². The van der Waals surface area contributed by atoms with Crippen LogP contribution in [0.3, 0.4) is 0 Å². The van der Waals surface area contributed by atoms with Gasteiger partial charge in [0.25, 0.3) is 0 Å². The summed E-state index contributed by atoms with van der Waals surface area (Å²) in [5.74, 6) is 1.33. The maximum atomic E-state index is 9.15. The maximum Gasteiger partial charge on any atom is 0.189 e. The molecule has 102 valence electrons. The average Bonchev–Trinajstić information content (AvgIpc) is 2.94. The van der Waals surface area contributed by atoms with E-state index >= 15 is 0 Å². The van der Waals surface area contributed by atoms with Gasteiger partial charge in [-0.1, -0.05) is 11.8 Å². The zero-order valence-corrected chi connectivity index (χ0v) is 11.9.